The van der Waals surface area contributed by atoms with Crippen LogP contribution in [0.4, 0.5) is 0 Å². The fourth-order valence-electron chi connectivity index (χ4n) is 1.50. The van der Waals surface area contributed by atoms with Crippen LogP contribution in [0.15, 0.2) is 35.4 Å². The molecular weight excluding hydrogens is 244 g/mol. The summed E-state index contributed by atoms with van der Waals surface area (Å²) in [5, 5.41) is 8.99. The first-order chi connectivity index (χ1) is 8.00. The molecule has 0 atom stereocenters. The molecule has 0 aliphatic rings. The third kappa shape index (κ3) is 2.29. The first-order valence-electron chi connectivity index (χ1n) is 4.78. The minimum absolute atomic E-state index is 0.0503. The molecule has 0 spiro atoms. The lowest BCUT2D eigenvalue weighted by Gasteiger charge is -2.02. The van der Waals surface area contributed by atoms with E-state index in [2.05, 4.69) is 4.98 Å². The zero-order chi connectivity index (χ0) is 12.5. The average Bonchev–Trinajstić information content (AvgIpc) is 2.71. The summed E-state index contributed by atoms with van der Waals surface area (Å²) < 4.78 is 25.6. The van der Waals surface area contributed by atoms with Gasteiger partial charge in [-0.3, -0.25) is 4.79 Å². The van der Waals surface area contributed by atoms with Crippen LogP contribution in [0.3, 0.4) is 0 Å². The molecule has 1 aromatic carbocycles. The van der Waals surface area contributed by atoms with Gasteiger partial charge in [0.25, 0.3) is 0 Å². The highest BCUT2D eigenvalue weighted by molar-refractivity contribution is 7.89. The van der Waals surface area contributed by atoms with Crippen molar-refractivity contribution in [1.29, 1.82) is 0 Å². The molecule has 0 radical (unpaired) electrons. The molecule has 2 aromatic rings. The standard InChI is InChI=1S/C10H10N2O4S/c13-10(14)6-12-17(15,16)9-5-11-8-4-2-1-3-7(8)9/h1-5,11-12H,6H2,(H,13,14). The smallest absolute Gasteiger partial charge is 0.318 e. The number of hydrogen-bond donors (Lipinski definition) is 3. The Morgan fingerprint density at radius 2 is 2.06 bits per heavy atom. The molecule has 17 heavy (non-hydrogen) atoms. The van der Waals surface area contributed by atoms with E-state index < -0.39 is 22.5 Å². The van der Waals surface area contributed by atoms with Crippen LogP contribution >= 0.6 is 0 Å². The summed E-state index contributed by atoms with van der Waals surface area (Å²) in [5.74, 6) is -1.23. The van der Waals surface area contributed by atoms with Gasteiger partial charge in [-0.05, 0) is 6.07 Å². The highest BCUT2D eigenvalue weighted by Crippen LogP contribution is 2.21. The summed E-state index contributed by atoms with van der Waals surface area (Å²) in [5.41, 5.74) is 0.684. The SMILES string of the molecule is O=C(O)CNS(=O)(=O)c1c[nH]c2ccccc12. The van der Waals surface area contributed by atoms with Crippen LogP contribution in [0.5, 0.6) is 0 Å². The fraction of sp³-hybridized carbons (Fsp3) is 0.100. The Bertz CT molecular complexity index is 660. The van der Waals surface area contributed by atoms with Crippen LogP contribution in [0.25, 0.3) is 10.9 Å². The van der Waals surface area contributed by atoms with Crippen molar-refractivity contribution in [3.63, 3.8) is 0 Å². The number of carbonyl (C=O) groups is 1. The summed E-state index contributed by atoms with van der Waals surface area (Å²) in [7, 11) is -3.80. The molecule has 90 valence electrons. The summed E-state index contributed by atoms with van der Waals surface area (Å²) in [6.07, 6.45) is 1.34. The number of sulfonamides is 1. The van der Waals surface area contributed by atoms with Gasteiger partial charge >= 0.3 is 5.97 Å². The number of aromatic nitrogens is 1. The molecule has 3 N–H and O–H groups in total. The number of para-hydroxylation sites is 1. The zero-order valence-corrected chi connectivity index (χ0v) is 9.49. The minimum atomic E-state index is -3.80. The van der Waals surface area contributed by atoms with E-state index in [1.54, 1.807) is 24.3 Å². The molecule has 6 nitrogen and oxygen atoms in total. The van der Waals surface area contributed by atoms with Crippen LogP contribution < -0.4 is 4.72 Å². The van der Waals surface area contributed by atoms with Crippen molar-refractivity contribution in [3.05, 3.63) is 30.5 Å². The molecule has 0 amide bonds. The van der Waals surface area contributed by atoms with Crippen molar-refractivity contribution < 1.29 is 18.3 Å². The van der Waals surface area contributed by atoms with Crippen molar-refractivity contribution in [1.82, 2.24) is 9.71 Å². The van der Waals surface area contributed by atoms with Crippen molar-refractivity contribution in [2.75, 3.05) is 6.54 Å². The Morgan fingerprint density at radius 1 is 1.35 bits per heavy atom. The molecule has 0 fully saturated rings. The molecule has 2 rings (SSSR count). The molecule has 0 saturated carbocycles. The molecule has 0 saturated heterocycles. The Hall–Kier alpha value is -1.86. The van der Waals surface area contributed by atoms with E-state index in [1.165, 1.54) is 6.20 Å². The minimum Gasteiger partial charge on any atom is -0.480 e. The van der Waals surface area contributed by atoms with Crippen molar-refractivity contribution in [2.24, 2.45) is 0 Å². The number of carboxylic acid groups (broad SMARTS) is 1. The van der Waals surface area contributed by atoms with E-state index >= 15 is 0 Å². The predicted molar refractivity (Wildman–Crippen MR) is 61.1 cm³/mol. The Morgan fingerprint density at radius 3 is 2.76 bits per heavy atom. The third-order valence-electron chi connectivity index (χ3n) is 2.25. The van der Waals surface area contributed by atoms with Gasteiger partial charge in [0.1, 0.15) is 11.4 Å². The summed E-state index contributed by atoms with van der Waals surface area (Å²) >= 11 is 0. The number of nitrogens with one attached hydrogen (secondary N) is 2. The van der Waals surface area contributed by atoms with Gasteiger partial charge in [-0.25, -0.2) is 8.42 Å². The lowest BCUT2D eigenvalue weighted by atomic mass is 10.2. The number of aliphatic carboxylic acids is 1. The van der Waals surface area contributed by atoms with Gasteiger partial charge in [0.2, 0.25) is 10.0 Å². The first kappa shape index (κ1) is 11.6. The second-order valence-electron chi connectivity index (χ2n) is 3.42. The zero-order valence-electron chi connectivity index (χ0n) is 8.67. The van der Waals surface area contributed by atoms with Gasteiger partial charge in [0.05, 0.1) is 0 Å². The number of rotatable bonds is 4. The molecule has 0 aliphatic carbocycles. The maximum absolute atomic E-state index is 11.8. The van der Waals surface area contributed by atoms with Crippen molar-refractivity contribution in [3.8, 4) is 0 Å². The van der Waals surface area contributed by atoms with Crippen molar-refractivity contribution in [2.45, 2.75) is 4.90 Å². The average molecular weight is 254 g/mol. The molecule has 0 aliphatic heterocycles. The van der Waals surface area contributed by atoms with Crippen LogP contribution in [0, 0.1) is 0 Å². The number of benzene rings is 1. The number of aromatic amines is 1. The molecule has 1 heterocycles. The van der Waals surface area contributed by atoms with Gasteiger partial charge in [-0.1, -0.05) is 18.2 Å². The fourth-order valence-corrected chi connectivity index (χ4v) is 2.65. The molecule has 1 aromatic heterocycles. The normalized spacial score (nSPS) is 11.8. The summed E-state index contributed by atoms with van der Waals surface area (Å²) in [4.78, 5) is 13.2. The number of H-pyrrole nitrogens is 1. The number of fused-ring (bicyclic) bond motifs is 1. The number of hydrogen-bond acceptors (Lipinski definition) is 3. The Labute approximate surface area is 97.3 Å². The van der Waals surface area contributed by atoms with Crippen LogP contribution in [0.1, 0.15) is 0 Å². The van der Waals surface area contributed by atoms with E-state index in [0.29, 0.717) is 10.9 Å². The van der Waals surface area contributed by atoms with Crippen LogP contribution in [-0.2, 0) is 14.8 Å². The molecular formula is C10H10N2O4S. The summed E-state index contributed by atoms with van der Waals surface area (Å²) in [6.45, 7) is -0.637. The van der Waals surface area contributed by atoms with Gasteiger partial charge < -0.3 is 10.1 Å². The Kier molecular flexibility index (Phi) is 2.86. The topological polar surface area (TPSA) is 99.3 Å². The van der Waals surface area contributed by atoms with Gasteiger partial charge in [-0.15, -0.1) is 0 Å². The highest BCUT2D eigenvalue weighted by Gasteiger charge is 2.19. The molecule has 0 unspecified atom stereocenters. The Balaban J connectivity index is 2.42. The van der Waals surface area contributed by atoms with Gasteiger partial charge in [-0.2, -0.15) is 4.72 Å². The van der Waals surface area contributed by atoms with E-state index in [4.69, 9.17) is 5.11 Å². The van der Waals surface area contributed by atoms with Gasteiger partial charge in [0, 0.05) is 17.1 Å². The van der Waals surface area contributed by atoms with E-state index in [9.17, 15) is 13.2 Å². The van der Waals surface area contributed by atoms with Crippen molar-refractivity contribution >= 4 is 26.9 Å². The molecule has 0 bridgehead atoms. The quantitative estimate of drug-likeness (QED) is 0.741. The predicted octanol–water partition coefficient (Wildman–Crippen LogP) is 0.531. The largest absolute Gasteiger partial charge is 0.480 e. The lowest BCUT2D eigenvalue weighted by molar-refractivity contribution is -0.135. The van der Waals surface area contributed by atoms with Crippen LogP contribution in [0.2, 0.25) is 0 Å². The maximum Gasteiger partial charge on any atom is 0.318 e. The lowest BCUT2D eigenvalue weighted by Crippen LogP contribution is -2.29. The molecule has 7 heteroatoms. The third-order valence-corrected chi connectivity index (χ3v) is 3.70. The maximum atomic E-state index is 11.8. The van der Waals surface area contributed by atoms with E-state index in [1.807, 2.05) is 4.72 Å². The van der Waals surface area contributed by atoms with Crippen LogP contribution in [-0.4, -0.2) is 31.0 Å². The first-order valence-corrected chi connectivity index (χ1v) is 6.26. The second kappa shape index (κ2) is 4.19. The van der Waals surface area contributed by atoms with E-state index in [-0.39, 0.29) is 4.90 Å². The summed E-state index contributed by atoms with van der Waals surface area (Å²) in [6, 6.07) is 6.89. The highest BCUT2D eigenvalue weighted by atomic mass is 32.2. The van der Waals surface area contributed by atoms with Gasteiger partial charge in [0.15, 0.2) is 0 Å². The monoisotopic (exact) mass is 254 g/mol. The second-order valence-corrected chi connectivity index (χ2v) is 5.15. The van der Waals surface area contributed by atoms with E-state index in [0.717, 1.165) is 0 Å². The number of carboxylic acids is 1.